The first kappa shape index (κ1) is 14.5. The van der Waals surface area contributed by atoms with E-state index in [1.165, 1.54) is 6.33 Å². The van der Waals surface area contributed by atoms with E-state index in [4.69, 9.17) is 0 Å². The van der Waals surface area contributed by atoms with Crippen molar-refractivity contribution in [3.8, 4) is 0 Å². The maximum absolute atomic E-state index is 12.2. The van der Waals surface area contributed by atoms with Crippen LogP contribution in [0.1, 0.15) is 32.6 Å². The molecule has 0 aliphatic carbocycles. The summed E-state index contributed by atoms with van der Waals surface area (Å²) in [5.41, 5.74) is -0.777. The van der Waals surface area contributed by atoms with Gasteiger partial charge in [-0.25, -0.2) is 4.98 Å². The minimum absolute atomic E-state index is 0.0146. The second-order valence-electron chi connectivity index (χ2n) is 5.27. The third-order valence-corrected chi connectivity index (χ3v) is 4.08. The van der Waals surface area contributed by atoms with Crippen molar-refractivity contribution < 1.29 is 14.7 Å². The monoisotopic (exact) mass is 280 g/mol. The van der Waals surface area contributed by atoms with Crippen molar-refractivity contribution in [2.24, 2.45) is 5.41 Å². The number of rotatable bonds is 5. The first-order valence-electron chi connectivity index (χ1n) is 6.91. The van der Waals surface area contributed by atoms with E-state index < -0.39 is 11.4 Å². The first-order valence-corrected chi connectivity index (χ1v) is 6.91. The van der Waals surface area contributed by atoms with Crippen LogP contribution in [-0.4, -0.2) is 49.7 Å². The van der Waals surface area contributed by atoms with E-state index in [-0.39, 0.29) is 5.91 Å². The molecular formula is C13H20N4O3. The number of carbonyl (C=O) groups is 2. The van der Waals surface area contributed by atoms with E-state index >= 15 is 0 Å². The predicted molar refractivity (Wildman–Crippen MR) is 70.8 cm³/mol. The molecule has 0 saturated carbocycles. The molecule has 1 aromatic rings. The summed E-state index contributed by atoms with van der Waals surface area (Å²) in [5.74, 6) is -0.812. The van der Waals surface area contributed by atoms with Gasteiger partial charge in [0.15, 0.2) is 0 Å². The Balaban J connectivity index is 1.94. The zero-order valence-corrected chi connectivity index (χ0v) is 11.7. The van der Waals surface area contributed by atoms with Gasteiger partial charge in [0.25, 0.3) is 0 Å². The van der Waals surface area contributed by atoms with Crippen LogP contribution in [0.3, 0.4) is 0 Å². The van der Waals surface area contributed by atoms with Gasteiger partial charge in [-0.1, -0.05) is 6.92 Å². The van der Waals surface area contributed by atoms with Crippen LogP contribution in [-0.2, 0) is 16.1 Å². The summed E-state index contributed by atoms with van der Waals surface area (Å²) in [6.45, 7) is 3.30. The smallest absolute Gasteiger partial charge is 0.311 e. The van der Waals surface area contributed by atoms with Crippen LogP contribution in [0.4, 0.5) is 0 Å². The zero-order valence-electron chi connectivity index (χ0n) is 11.7. The van der Waals surface area contributed by atoms with Crippen molar-refractivity contribution in [1.29, 1.82) is 0 Å². The predicted octanol–water partition coefficient (Wildman–Crippen LogP) is 0.772. The van der Waals surface area contributed by atoms with Crippen molar-refractivity contribution in [1.82, 2.24) is 19.7 Å². The molecular weight excluding hydrogens is 260 g/mol. The Hall–Kier alpha value is -1.92. The number of carboxylic acids is 1. The fourth-order valence-electron chi connectivity index (χ4n) is 2.68. The molecule has 0 radical (unpaired) electrons. The topological polar surface area (TPSA) is 88.3 Å². The number of likely N-dealkylation sites (tertiary alicyclic amines) is 1. The Morgan fingerprint density at radius 3 is 2.85 bits per heavy atom. The molecule has 110 valence electrons. The molecule has 1 aliphatic rings. The lowest BCUT2D eigenvalue weighted by Crippen LogP contribution is -2.49. The molecule has 0 spiro atoms. The lowest BCUT2D eigenvalue weighted by molar-refractivity contribution is -0.155. The molecule has 1 aliphatic heterocycles. The van der Waals surface area contributed by atoms with Crippen molar-refractivity contribution in [2.75, 3.05) is 13.1 Å². The molecule has 2 rings (SSSR count). The van der Waals surface area contributed by atoms with Crippen LogP contribution in [0.15, 0.2) is 12.7 Å². The minimum Gasteiger partial charge on any atom is -0.481 e. The van der Waals surface area contributed by atoms with Crippen LogP contribution in [0.5, 0.6) is 0 Å². The number of carboxylic acid groups (broad SMARTS) is 1. The summed E-state index contributed by atoms with van der Waals surface area (Å²) in [5, 5.41) is 13.4. The lowest BCUT2D eigenvalue weighted by Gasteiger charge is -2.39. The molecule has 7 heteroatoms. The largest absolute Gasteiger partial charge is 0.481 e. The summed E-state index contributed by atoms with van der Waals surface area (Å²) in [4.78, 5) is 29.2. The Morgan fingerprint density at radius 2 is 2.25 bits per heavy atom. The van der Waals surface area contributed by atoms with E-state index in [1.54, 1.807) is 15.9 Å². The number of amides is 1. The van der Waals surface area contributed by atoms with E-state index in [0.29, 0.717) is 38.9 Å². The van der Waals surface area contributed by atoms with Crippen LogP contribution in [0.25, 0.3) is 0 Å². The number of aliphatic carboxylic acids is 1. The number of hydrogen-bond donors (Lipinski definition) is 1. The Kier molecular flexibility index (Phi) is 4.36. The quantitative estimate of drug-likeness (QED) is 0.860. The lowest BCUT2D eigenvalue weighted by atomic mass is 9.77. The molecule has 1 saturated heterocycles. The minimum atomic E-state index is -0.797. The Morgan fingerprint density at radius 1 is 1.45 bits per heavy atom. The van der Waals surface area contributed by atoms with Gasteiger partial charge in [0.05, 0.1) is 12.0 Å². The highest BCUT2D eigenvalue weighted by molar-refractivity contribution is 5.79. The van der Waals surface area contributed by atoms with Crippen molar-refractivity contribution in [3.05, 3.63) is 12.7 Å². The number of aromatic nitrogens is 3. The molecule has 1 atom stereocenters. The van der Waals surface area contributed by atoms with Crippen LogP contribution in [0.2, 0.25) is 0 Å². The van der Waals surface area contributed by atoms with Gasteiger partial charge in [-0.3, -0.25) is 14.3 Å². The molecule has 1 N–H and O–H groups in total. The van der Waals surface area contributed by atoms with Gasteiger partial charge >= 0.3 is 5.97 Å². The second-order valence-corrected chi connectivity index (χ2v) is 5.27. The summed E-state index contributed by atoms with van der Waals surface area (Å²) in [6.07, 6.45) is 5.26. The van der Waals surface area contributed by atoms with Gasteiger partial charge in [-0.05, 0) is 19.3 Å². The number of piperidine rings is 1. The number of hydrogen-bond acceptors (Lipinski definition) is 4. The average molecular weight is 280 g/mol. The van der Waals surface area contributed by atoms with Crippen molar-refractivity contribution >= 4 is 11.9 Å². The SMILES string of the molecule is CCC1(C(=O)O)CCCN(C(=O)CCn2cncn2)C1. The highest BCUT2D eigenvalue weighted by Crippen LogP contribution is 2.33. The van der Waals surface area contributed by atoms with Crippen LogP contribution < -0.4 is 0 Å². The van der Waals surface area contributed by atoms with Gasteiger partial charge in [-0.2, -0.15) is 5.10 Å². The molecule has 1 fully saturated rings. The normalized spacial score (nSPS) is 22.8. The molecule has 20 heavy (non-hydrogen) atoms. The number of aryl methyl sites for hydroxylation is 1. The Bertz CT molecular complexity index is 474. The van der Waals surface area contributed by atoms with Gasteiger partial charge in [0.2, 0.25) is 5.91 Å². The van der Waals surface area contributed by atoms with Gasteiger partial charge in [0, 0.05) is 19.5 Å². The van der Waals surface area contributed by atoms with Crippen LogP contribution in [0, 0.1) is 5.41 Å². The third kappa shape index (κ3) is 2.97. The maximum atomic E-state index is 12.2. The van der Waals surface area contributed by atoms with E-state index in [1.807, 2.05) is 6.92 Å². The second kappa shape index (κ2) is 6.02. The van der Waals surface area contributed by atoms with Crippen molar-refractivity contribution in [3.63, 3.8) is 0 Å². The van der Waals surface area contributed by atoms with E-state index in [9.17, 15) is 14.7 Å². The van der Waals surface area contributed by atoms with Gasteiger partial charge < -0.3 is 10.0 Å². The maximum Gasteiger partial charge on any atom is 0.311 e. The molecule has 0 aromatic carbocycles. The third-order valence-electron chi connectivity index (χ3n) is 4.08. The molecule has 1 amide bonds. The molecule has 1 unspecified atom stereocenters. The summed E-state index contributed by atoms with van der Waals surface area (Å²) >= 11 is 0. The molecule has 1 aromatic heterocycles. The van der Waals surface area contributed by atoms with Gasteiger partial charge in [-0.15, -0.1) is 0 Å². The summed E-state index contributed by atoms with van der Waals surface area (Å²) in [7, 11) is 0. The highest BCUT2D eigenvalue weighted by Gasteiger charge is 2.41. The molecule has 0 bridgehead atoms. The standard InChI is InChI=1S/C13H20N4O3/c1-2-13(12(19)20)5-3-6-16(8-13)11(18)4-7-17-10-14-9-15-17/h9-10H,2-8H2,1H3,(H,19,20). The van der Waals surface area contributed by atoms with E-state index in [2.05, 4.69) is 10.1 Å². The Labute approximate surface area is 117 Å². The molecule has 2 heterocycles. The first-order chi connectivity index (χ1) is 9.57. The highest BCUT2D eigenvalue weighted by atomic mass is 16.4. The van der Waals surface area contributed by atoms with E-state index in [0.717, 1.165) is 6.42 Å². The van der Waals surface area contributed by atoms with Crippen LogP contribution >= 0.6 is 0 Å². The average Bonchev–Trinajstić information content (AvgIpc) is 2.97. The fourth-order valence-corrected chi connectivity index (χ4v) is 2.68. The van der Waals surface area contributed by atoms with Crippen molar-refractivity contribution in [2.45, 2.75) is 39.2 Å². The fraction of sp³-hybridized carbons (Fsp3) is 0.692. The summed E-state index contributed by atoms with van der Waals surface area (Å²) in [6, 6.07) is 0. The summed E-state index contributed by atoms with van der Waals surface area (Å²) < 4.78 is 1.60. The van der Waals surface area contributed by atoms with Gasteiger partial charge in [0.1, 0.15) is 12.7 Å². The zero-order chi connectivity index (χ0) is 14.6. The number of carbonyl (C=O) groups excluding carboxylic acids is 1. The number of nitrogens with zero attached hydrogens (tertiary/aromatic N) is 4. The molecule has 7 nitrogen and oxygen atoms in total.